The molecule has 0 radical (unpaired) electrons. The predicted octanol–water partition coefficient (Wildman–Crippen LogP) is 3.71. The standard InChI is InChI=1S/C18H23NO3/c1-18(2,3)22-17(21)19-15(11-7-8-12-16(19)20)13-14-9-5-4-6-10-14/h4-6,8-10,12,15H,7,11,13H2,1-3H3. The van der Waals surface area contributed by atoms with E-state index in [-0.39, 0.29) is 11.9 Å². The van der Waals surface area contributed by atoms with Crippen LogP contribution in [0.1, 0.15) is 39.2 Å². The quantitative estimate of drug-likeness (QED) is 0.836. The first-order valence-electron chi connectivity index (χ1n) is 7.63. The number of amides is 2. The van der Waals surface area contributed by atoms with E-state index in [0.717, 1.165) is 18.4 Å². The molecule has 4 nitrogen and oxygen atoms in total. The number of benzene rings is 1. The van der Waals surface area contributed by atoms with Crippen molar-refractivity contribution in [3.05, 3.63) is 48.0 Å². The molecule has 0 saturated carbocycles. The summed E-state index contributed by atoms with van der Waals surface area (Å²) in [6.07, 6.45) is 4.90. The molecule has 22 heavy (non-hydrogen) atoms. The van der Waals surface area contributed by atoms with Crippen molar-refractivity contribution in [2.24, 2.45) is 0 Å². The highest BCUT2D eigenvalue weighted by atomic mass is 16.6. The summed E-state index contributed by atoms with van der Waals surface area (Å²) in [4.78, 5) is 26.0. The average Bonchev–Trinajstić information content (AvgIpc) is 2.59. The van der Waals surface area contributed by atoms with E-state index >= 15 is 0 Å². The fourth-order valence-corrected chi connectivity index (χ4v) is 2.49. The van der Waals surface area contributed by atoms with Crippen molar-refractivity contribution in [2.45, 2.75) is 51.7 Å². The number of imide groups is 1. The fraction of sp³-hybridized carbons (Fsp3) is 0.444. The van der Waals surface area contributed by atoms with E-state index in [0.29, 0.717) is 6.42 Å². The van der Waals surface area contributed by atoms with Crippen molar-refractivity contribution in [3.63, 3.8) is 0 Å². The van der Waals surface area contributed by atoms with E-state index in [1.165, 1.54) is 11.0 Å². The molecule has 0 bridgehead atoms. The van der Waals surface area contributed by atoms with Gasteiger partial charge in [-0.3, -0.25) is 4.79 Å². The number of ether oxygens (including phenoxy) is 1. The summed E-state index contributed by atoms with van der Waals surface area (Å²) in [6, 6.07) is 9.72. The van der Waals surface area contributed by atoms with Crippen LogP contribution >= 0.6 is 0 Å². The van der Waals surface area contributed by atoms with Crippen LogP contribution in [-0.2, 0) is 16.0 Å². The lowest BCUT2D eigenvalue weighted by atomic mass is 10.0. The lowest BCUT2D eigenvalue weighted by Gasteiger charge is -2.30. The maximum absolute atomic E-state index is 12.4. The Balaban J connectivity index is 2.20. The van der Waals surface area contributed by atoms with Crippen LogP contribution in [0, 0.1) is 0 Å². The van der Waals surface area contributed by atoms with Crippen LogP contribution in [0.2, 0.25) is 0 Å². The third-order valence-corrected chi connectivity index (χ3v) is 3.43. The average molecular weight is 301 g/mol. The molecule has 0 aliphatic carbocycles. The summed E-state index contributed by atoms with van der Waals surface area (Å²) >= 11 is 0. The molecule has 1 aliphatic rings. The maximum Gasteiger partial charge on any atom is 0.417 e. The Bertz CT molecular complexity index is 557. The van der Waals surface area contributed by atoms with Gasteiger partial charge in [0.2, 0.25) is 0 Å². The van der Waals surface area contributed by atoms with Crippen molar-refractivity contribution in [2.75, 3.05) is 0 Å². The molecule has 4 heteroatoms. The van der Waals surface area contributed by atoms with E-state index in [4.69, 9.17) is 4.74 Å². The highest BCUT2D eigenvalue weighted by molar-refractivity contribution is 5.99. The molecule has 0 spiro atoms. The lowest BCUT2D eigenvalue weighted by molar-refractivity contribution is -0.127. The second kappa shape index (κ2) is 6.77. The van der Waals surface area contributed by atoms with Crippen molar-refractivity contribution >= 4 is 12.0 Å². The third kappa shape index (κ3) is 4.45. The molecule has 1 heterocycles. The van der Waals surface area contributed by atoms with Crippen LogP contribution in [0.5, 0.6) is 0 Å². The highest BCUT2D eigenvalue weighted by Gasteiger charge is 2.33. The molecular formula is C18H23NO3. The van der Waals surface area contributed by atoms with E-state index < -0.39 is 11.7 Å². The molecule has 1 unspecified atom stereocenters. The Kier molecular flexibility index (Phi) is 5.01. The van der Waals surface area contributed by atoms with Gasteiger partial charge in [-0.2, -0.15) is 0 Å². The van der Waals surface area contributed by atoms with Crippen molar-refractivity contribution in [1.29, 1.82) is 0 Å². The van der Waals surface area contributed by atoms with Crippen molar-refractivity contribution in [3.8, 4) is 0 Å². The van der Waals surface area contributed by atoms with Crippen LogP contribution in [0.3, 0.4) is 0 Å². The number of allylic oxidation sites excluding steroid dienone is 1. The summed E-state index contributed by atoms with van der Waals surface area (Å²) in [5.74, 6) is -0.298. The molecule has 0 aromatic heterocycles. The molecular weight excluding hydrogens is 278 g/mol. The summed E-state index contributed by atoms with van der Waals surface area (Å²) in [5.41, 5.74) is 0.487. The van der Waals surface area contributed by atoms with Gasteiger partial charge in [0.05, 0.1) is 0 Å². The van der Waals surface area contributed by atoms with E-state index in [2.05, 4.69) is 0 Å². The van der Waals surface area contributed by atoms with Crippen LogP contribution in [0.15, 0.2) is 42.5 Å². The van der Waals surface area contributed by atoms with Gasteiger partial charge in [0.15, 0.2) is 0 Å². The Morgan fingerprint density at radius 1 is 1.27 bits per heavy atom. The van der Waals surface area contributed by atoms with Gasteiger partial charge in [0.25, 0.3) is 5.91 Å². The van der Waals surface area contributed by atoms with Crippen LogP contribution < -0.4 is 0 Å². The first kappa shape index (κ1) is 16.3. The minimum absolute atomic E-state index is 0.181. The summed E-state index contributed by atoms with van der Waals surface area (Å²) in [7, 11) is 0. The van der Waals surface area contributed by atoms with Gasteiger partial charge >= 0.3 is 6.09 Å². The highest BCUT2D eigenvalue weighted by Crippen LogP contribution is 2.21. The topological polar surface area (TPSA) is 46.6 Å². The van der Waals surface area contributed by atoms with E-state index in [1.807, 2.05) is 36.4 Å². The Morgan fingerprint density at radius 2 is 1.95 bits per heavy atom. The van der Waals surface area contributed by atoms with Gasteiger partial charge in [-0.15, -0.1) is 0 Å². The number of hydrogen-bond acceptors (Lipinski definition) is 3. The molecule has 0 N–H and O–H groups in total. The number of rotatable bonds is 2. The minimum atomic E-state index is -0.620. The van der Waals surface area contributed by atoms with Gasteiger partial charge in [0.1, 0.15) is 5.60 Å². The Hall–Kier alpha value is -2.10. The molecule has 1 atom stereocenters. The first-order chi connectivity index (χ1) is 10.4. The van der Waals surface area contributed by atoms with E-state index in [1.54, 1.807) is 20.8 Å². The maximum atomic E-state index is 12.4. The lowest BCUT2D eigenvalue weighted by Crippen LogP contribution is -2.46. The van der Waals surface area contributed by atoms with Crippen LogP contribution in [0.4, 0.5) is 4.79 Å². The molecule has 2 rings (SSSR count). The zero-order chi connectivity index (χ0) is 16.2. The molecule has 1 aliphatic heterocycles. The zero-order valence-corrected chi connectivity index (χ0v) is 13.4. The fourth-order valence-electron chi connectivity index (χ4n) is 2.49. The van der Waals surface area contributed by atoms with Crippen LogP contribution in [0.25, 0.3) is 0 Å². The predicted molar refractivity (Wildman–Crippen MR) is 85.4 cm³/mol. The second-order valence-electron chi connectivity index (χ2n) is 6.51. The van der Waals surface area contributed by atoms with Gasteiger partial charge in [0, 0.05) is 6.04 Å². The summed E-state index contributed by atoms with van der Waals surface area (Å²) < 4.78 is 5.40. The molecule has 0 fully saturated rings. The molecule has 118 valence electrons. The van der Waals surface area contributed by atoms with Crippen molar-refractivity contribution < 1.29 is 14.3 Å². The van der Waals surface area contributed by atoms with Gasteiger partial charge in [-0.25, -0.2) is 9.69 Å². The number of carbonyl (C=O) groups is 2. The summed E-state index contributed by atoms with van der Waals surface area (Å²) in [6.45, 7) is 5.40. The van der Waals surface area contributed by atoms with Gasteiger partial charge in [-0.1, -0.05) is 36.4 Å². The zero-order valence-electron chi connectivity index (χ0n) is 13.4. The smallest absolute Gasteiger partial charge is 0.417 e. The Labute approximate surface area is 131 Å². The normalized spacial score (nSPS) is 19.0. The number of nitrogens with zero attached hydrogens (tertiary/aromatic N) is 1. The SMILES string of the molecule is CC(C)(C)OC(=O)N1C(=O)C=CCCC1Cc1ccccc1. The molecule has 1 aromatic rings. The largest absolute Gasteiger partial charge is 0.443 e. The number of carbonyl (C=O) groups excluding carboxylic acids is 2. The number of hydrogen-bond donors (Lipinski definition) is 0. The summed E-state index contributed by atoms with van der Waals surface area (Å²) in [5, 5.41) is 0. The van der Waals surface area contributed by atoms with Crippen LogP contribution in [-0.4, -0.2) is 28.5 Å². The van der Waals surface area contributed by atoms with Crippen molar-refractivity contribution in [1.82, 2.24) is 4.90 Å². The Morgan fingerprint density at radius 3 is 2.59 bits per heavy atom. The third-order valence-electron chi connectivity index (χ3n) is 3.43. The minimum Gasteiger partial charge on any atom is -0.443 e. The molecule has 1 aromatic carbocycles. The van der Waals surface area contributed by atoms with Gasteiger partial charge in [-0.05, 0) is 51.7 Å². The molecule has 2 amide bonds. The molecule has 0 saturated heterocycles. The van der Waals surface area contributed by atoms with Gasteiger partial charge < -0.3 is 4.74 Å². The monoisotopic (exact) mass is 301 g/mol. The first-order valence-corrected chi connectivity index (χ1v) is 7.63. The van der Waals surface area contributed by atoms with E-state index in [9.17, 15) is 9.59 Å². The second-order valence-corrected chi connectivity index (χ2v) is 6.51.